The molecule has 1 saturated carbocycles. The zero-order valence-electron chi connectivity index (χ0n) is 17.6. The first-order chi connectivity index (χ1) is 16.3. The highest BCUT2D eigenvalue weighted by atomic mass is 35.5. The van der Waals surface area contributed by atoms with Crippen LogP contribution in [0.4, 0.5) is 33.3 Å². The number of rotatable bonds is 5. The first kappa shape index (κ1) is 24.9. The topological polar surface area (TPSA) is 89.3 Å². The third-order valence-corrected chi connectivity index (χ3v) is 8.05. The molecule has 3 N–H and O–H groups in total. The van der Waals surface area contributed by atoms with E-state index in [-0.39, 0.29) is 40.4 Å². The van der Waals surface area contributed by atoms with E-state index in [1.54, 1.807) is 0 Å². The van der Waals surface area contributed by atoms with E-state index < -0.39 is 54.8 Å². The van der Waals surface area contributed by atoms with Crippen LogP contribution in [-0.4, -0.2) is 19.6 Å². The van der Waals surface area contributed by atoms with Crippen LogP contribution >= 0.6 is 11.6 Å². The number of amides is 1. The molecular formula is C23H16ClF5N2O3S. The van der Waals surface area contributed by atoms with E-state index in [4.69, 9.17) is 17.3 Å². The van der Waals surface area contributed by atoms with E-state index in [1.165, 1.54) is 6.07 Å². The zero-order chi connectivity index (χ0) is 25.7. The number of alkyl halides is 3. The number of nitrogens with one attached hydrogen (secondary N) is 1. The van der Waals surface area contributed by atoms with Crippen molar-refractivity contribution in [1.82, 2.24) is 0 Å². The van der Waals surface area contributed by atoms with Crippen molar-refractivity contribution in [2.75, 3.05) is 11.1 Å². The van der Waals surface area contributed by atoms with Crippen molar-refractivity contribution in [1.29, 1.82) is 0 Å². The number of hydrogen-bond acceptors (Lipinski definition) is 4. The van der Waals surface area contributed by atoms with Crippen molar-refractivity contribution in [2.45, 2.75) is 29.2 Å². The molecule has 3 aromatic carbocycles. The molecule has 0 bridgehead atoms. The Morgan fingerprint density at radius 3 is 2.29 bits per heavy atom. The Balaban J connectivity index is 1.66. The van der Waals surface area contributed by atoms with Crippen LogP contribution in [0.5, 0.6) is 0 Å². The van der Waals surface area contributed by atoms with Crippen molar-refractivity contribution < 1.29 is 35.2 Å². The molecule has 0 radical (unpaired) electrons. The second-order valence-corrected chi connectivity index (χ2v) is 10.6. The van der Waals surface area contributed by atoms with Gasteiger partial charge in [-0.05, 0) is 61.4 Å². The largest absolute Gasteiger partial charge is 0.417 e. The average Bonchev–Trinajstić information content (AvgIpc) is 3.61. The summed E-state index contributed by atoms with van der Waals surface area (Å²) in [6.07, 6.45) is -4.44. The van der Waals surface area contributed by atoms with Crippen molar-refractivity contribution >= 4 is 38.7 Å². The third kappa shape index (κ3) is 4.96. The SMILES string of the molecule is Nc1cc(F)ccc1-c1cc(Cl)c(C(=O)Nc2ccc(S(=O)(=O)C3CC3)c(C(F)(F)F)c2)cc1F. The summed E-state index contributed by atoms with van der Waals surface area (Å²) in [7, 11) is -4.16. The van der Waals surface area contributed by atoms with Crippen LogP contribution in [0.3, 0.4) is 0 Å². The minimum absolute atomic E-state index is 0.0712. The number of halogens is 6. The monoisotopic (exact) mass is 530 g/mol. The second kappa shape index (κ2) is 8.80. The maximum atomic E-state index is 14.8. The highest BCUT2D eigenvalue weighted by Gasteiger charge is 2.43. The van der Waals surface area contributed by atoms with Gasteiger partial charge in [-0.3, -0.25) is 4.79 Å². The van der Waals surface area contributed by atoms with E-state index in [0.717, 1.165) is 36.4 Å². The van der Waals surface area contributed by atoms with E-state index in [0.29, 0.717) is 6.07 Å². The van der Waals surface area contributed by atoms with Crippen LogP contribution in [0.2, 0.25) is 5.02 Å². The Kier molecular flexibility index (Phi) is 6.26. The molecule has 0 aromatic heterocycles. The lowest BCUT2D eigenvalue weighted by Gasteiger charge is -2.16. The number of anilines is 2. The van der Waals surface area contributed by atoms with E-state index >= 15 is 0 Å². The molecule has 0 spiro atoms. The number of sulfone groups is 1. The molecule has 1 aliphatic carbocycles. The van der Waals surface area contributed by atoms with Crippen molar-refractivity contribution in [3.05, 3.63) is 76.3 Å². The summed E-state index contributed by atoms with van der Waals surface area (Å²) in [4.78, 5) is 11.8. The van der Waals surface area contributed by atoms with Crippen molar-refractivity contribution in [3.8, 4) is 11.1 Å². The molecular weight excluding hydrogens is 515 g/mol. The highest BCUT2D eigenvalue weighted by Crippen LogP contribution is 2.41. The Labute approximate surface area is 201 Å². The summed E-state index contributed by atoms with van der Waals surface area (Å²) in [6.45, 7) is 0. The van der Waals surface area contributed by atoms with Crippen LogP contribution in [0.15, 0.2) is 53.4 Å². The maximum Gasteiger partial charge on any atom is 0.417 e. The summed E-state index contributed by atoms with van der Waals surface area (Å²) < 4.78 is 93.7. The van der Waals surface area contributed by atoms with Gasteiger partial charge in [0, 0.05) is 22.5 Å². The molecule has 1 fully saturated rings. The number of carbonyl (C=O) groups excluding carboxylic acids is 1. The van der Waals surface area contributed by atoms with Crippen LogP contribution in [0, 0.1) is 11.6 Å². The van der Waals surface area contributed by atoms with Gasteiger partial charge in [-0.25, -0.2) is 17.2 Å². The number of benzene rings is 3. The molecule has 184 valence electrons. The molecule has 0 saturated heterocycles. The van der Waals surface area contributed by atoms with Crippen LogP contribution in [0.25, 0.3) is 11.1 Å². The lowest BCUT2D eigenvalue weighted by Crippen LogP contribution is -2.18. The number of nitrogen functional groups attached to an aromatic ring is 1. The molecule has 0 atom stereocenters. The fourth-order valence-electron chi connectivity index (χ4n) is 3.54. The molecule has 1 aliphatic rings. The van der Waals surface area contributed by atoms with Crippen LogP contribution in [-0.2, 0) is 16.0 Å². The summed E-state index contributed by atoms with van der Waals surface area (Å²) in [6, 6.07) is 7.43. The predicted molar refractivity (Wildman–Crippen MR) is 121 cm³/mol. The third-order valence-electron chi connectivity index (χ3n) is 5.42. The van der Waals surface area contributed by atoms with E-state index in [1.807, 2.05) is 0 Å². The lowest BCUT2D eigenvalue weighted by atomic mass is 10.0. The van der Waals surface area contributed by atoms with E-state index in [2.05, 4.69) is 5.32 Å². The lowest BCUT2D eigenvalue weighted by molar-refractivity contribution is -0.139. The predicted octanol–water partition coefficient (Wildman–Crippen LogP) is 6.07. The fourth-order valence-corrected chi connectivity index (χ4v) is 5.64. The van der Waals surface area contributed by atoms with Crippen molar-refractivity contribution in [3.63, 3.8) is 0 Å². The van der Waals surface area contributed by atoms with E-state index in [9.17, 15) is 35.2 Å². The molecule has 0 unspecified atom stereocenters. The van der Waals surface area contributed by atoms with Crippen LogP contribution < -0.4 is 11.1 Å². The second-order valence-electron chi connectivity index (χ2n) is 7.95. The number of carbonyl (C=O) groups is 1. The first-order valence-electron chi connectivity index (χ1n) is 10.1. The summed E-state index contributed by atoms with van der Waals surface area (Å²) in [5.74, 6) is -2.60. The van der Waals surface area contributed by atoms with Gasteiger partial charge in [-0.1, -0.05) is 11.6 Å². The molecule has 0 aliphatic heterocycles. The molecule has 5 nitrogen and oxygen atoms in total. The molecule has 1 amide bonds. The number of hydrogen-bond donors (Lipinski definition) is 2. The van der Waals surface area contributed by atoms with Gasteiger partial charge in [0.05, 0.1) is 26.3 Å². The maximum absolute atomic E-state index is 14.8. The van der Waals surface area contributed by atoms with Gasteiger partial charge in [0.25, 0.3) is 5.91 Å². The normalized spacial score (nSPS) is 14.1. The molecule has 12 heteroatoms. The van der Waals surface area contributed by atoms with Gasteiger partial charge >= 0.3 is 6.18 Å². The standard InChI is InChI=1S/C23H16ClF5N2O3S/c24-18-9-15(14-5-1-11(25)7-20(14)30)19(26)10-16(18)22(32)31-12-2-6-21(17(8-12)23(27,28)29)35(33,34)13-3-4-13/h1-2,5-10,13H,3-4,30H2,(H,31,32). The Morgan fingerprint density at radius 2 is 1.69 bits per heavy atom. The van der Waals surface area contributed by atoms with Gasteiger partial charge in [-0.2, -0.15) is 13.2 Å². The Bertz CT molecular complexity index is 1450. The molecule has 3 aromatic rings. The van der Waals surface area contributed by atoms with Gasteiger partial charge in [0.15, 0.2) is 9.84 Å². The smallest absolute Gasteiger partial charge is 0.398 e. The molecule has 4 rings (SSSR count). The fraction of sp³-hybridized carbons (Fsp3) is 0.174. The zero-order valence-corrected chi connectivity index (χ0v) is 19.2. The summed E-state index contributed by atoms with van der Waals surface area (Å²) in [5, 5.41) is 1.08. The minimum atomic E-state index is -5.00. The van der Waals surface area contributed by atoms with Crippen molar-refractivity contribution in [2.24, 2.45) is 0 Å². The Morgan fingerprint density at radius 1 is 1.00 bits per heavy atom. The quantitative estimate of drug-likeness (QED) is 0.309. The van der Waals surface area contributed by atoms with Gasteiger partial charge in [0.2, 0.25) is 0 Å². The summed E-state index contributed by atoms with van der Waals surface area (Å²) in [5.41, 5.74) is 3.50. The Hall–Kier alpha value is -3.18. The van der Waals surface area contributed by atoms with Crippen LogP contribution in [0.1, 0.15) is 28.8 Å². The highest BCUT2D eigenvalue weighted by molar-refractivity contribution is 7.92. The van der Waals surface area contributed by atoms with Gasteiger partial charge < -0.3 is 11.1 Å². The number of nitrogens with two attached hydrogens (primary N) is 1. The molecule has 35 heavy (non-hydrogen) atoms. The first-order valence-corrected chi connectivity index (χ1v) is 12.0. The average molecular weight is 531 g/mol. The molecule has 0 heterocycles. The summed E-state index contributed by atoms with van der Waals surface area (Å²) >= 11 is 6.12. The van der Waals surface area contributed by atoms with Gasteiger partial charge in [-0.15, -0.1) is 0 Å². The van der Waals surface area contributed by atoms with Gasteiger partial charge in [0.1, 0.15) is 11.6 Å². The minimum Gasteiger partial charge on any atom is -0.398 e.